The summed E-state index contributed by atoms with van der Waals surface area (Å²) in [6, 6.07) is 1.80. The zero-order chi connectivity index (χ0) is 13.9. The molecule has 1 aliphatic carbocycles. The maximum Gasteiger partial charge on any atom is 0.243 e. The number of hydrogen-bond acceptors (Lipinski definition) is 4. The Morgan fingerprint density at radius 2 is 2.21 bits per heavy atom. The molecular formula is C13H22N2O2S2. The number of nitrogens with zero attached hydrogens (tertiary/aromatic N) is 1. The van der Waals surface area contributed by atoms with Crippen molar-refractivity contribution in [3.05, 3.63) is 16.3 Å². The smallest absolute Gasteiger partial charge is 0.243 e. The molecule has 19 heavy (non-hydrogen) atoms. The summed E-state index contributed by atoms with van der Waals surface area (Å²) in [6.45, 7) is 4.05. The van der Waals surface area contributed by atoms with E-state index in [0.717, 1.165) is 17.8 Å². The van der Waals surface area contributed by atoms with E-state index in [1.165, 1.54) is 24.2 Å². The van der Waals surface area contributed by atoms with Crippen molar-refractivity contribution < 1.29 is 8.42 Å². The van der Waals surface area contributed by atoms with Crippen LogP contribution in [0.3, 0.4) is 0 Å². The monoisotopic (exact) mass is 302 g/mol. The van der Waals surface area contributed by atoms with Crippen molar-refractivity contribution in [1.29, 1.82) is 0 Å². The summed E-state index contributed by atoms with van der Waals surface area (Å²) in [6.07, 6.45) is 3.20. The van der Waals surface area contributed by atoms with Gasteiger partial charge in [0.25, 0.3) is 0 Å². The number of nitrogens with one attached hydrogen (secondary N) is 1. The van der Waals surface area contributed by atoms with E-state index in [1.807, 2.05) is 14.0 Å². The van der Waals surface area contributed by atoms with Gasteiger partial charge in [-0.3, -0.25) is 0 Å². The van der Waals surface area contributed by atoms with Gasteiger partial charge in [-0.1, -0.05) is 6.92 Å². The summed E-state index contributed by atoms with van der Waals surface area (Å²) in [5.74, 6) is 0.580. The second-order valence-electron chi connectivity index (χ2n) is 5.09. The summed E-state index contributed by atoms with van der Waals surface area (Å²) in [7, 11) is -1.43. The fourth-order valence-corrected chi connectivity index (χ4v) is 4.94. The van der Waals surface area contributed by atoms with E-state index in [9.17, 15) is 8.42 Å². The van der Waals surface area contributed by atoms with E-state index in [4.69, 9.17) is 0 Å². The number of thiophene rings is 1. The molecule has 1 aromatic rings. The van der Waals surface area contributed by atoms with Gasteiger partial charge in [0, 0.05) is 29.9 Å². The highest BCUT2D eigenvalue weighted by molar-refractivity contribution is 7.89. The lowest BCUT2D eigenvalue weighted by molar-refractivity contribution is 0.396. The summed E-state index contributed by atoms with van der Waals surface area (Å²) < 4.78 is 26.9. The molecule has 108 valence electrons. The zero-order valence-corrected chi connectivity index (χ0v) is 13.2. The van der Waals surface area contributed by atoms with Crippen LogP contribution in [0, 0.1) is 5.92 Å². The van der Waals surface area contributed by atoms with Gasteiger partial charge in [0.1, 0.15) is 0 Å². The Kier molecular flexibility index (Phi) is 5.00. The molecule has 1 aliphatic rings. The standard InChI is InChI=1S/C13H22N2O2S2/c1-3-6-15(9-11-4-5-11)19(16,17)13-7-12(8-14-2)18-10-13/h7,10-11,14H,3-6,8-9H2,1-2H3. The second-order valence-corrected chi connectivity index (χ2v) is 8.02. The predicted molar refractivity (Wildman–Crippen MR) is 78.9 cm³/mol. The minimum absolute atomic E-state index is 0.455. The molecule has 0 aliphatic heterocycles. The number of hydrogen-bond donors (Lipinski definition) is 1. The fourth-order valence-electron chi connectivity index (χ4n) is 2.06. The van der Waals surface area contributed by atoms with Gasteiger partial charge in [0.15, 0.2) is 0 Å². The molecule has 0 atom stereocenters. The second kappa shape index (κ2) is 6.35. The Morgan fingerprint density at radius 3 is 2.79 bits per heavy atom. The molecule has 6 heteroatoms. The van der Waals surface area contributed by atoms with Gasteiger partial charge in [-0.05, 0) is 38.3 Å². The van der Waals surface area contributed by atoms with Gasteiger partial charge in [-0.15, -0.1) is 11.3 Å². The quantitative estimate of drug-likeness (QED) is 0.801. The van der Waals surface area contributed by atoms with Gasteiger partial charge >= 0.3 is 0 Å². The van der Waals surface area contributed by atoms with E-state index in [-0.39, 0.29) is 0 Å². The van der Waals surface area contributed by atoms with E-state index in [2.05, 4.69) is 5.32 Å². The van der Waals surface area contributed by atoms with Crippen LogP contribution in [0.5, 0.6) is 0 Å². The third-order valence-corrected chi connectivity index (χ3v) is 6.18. The molecule has 1 heterocycles. The highest BCUT2D eigenvalue weighted by atomic mass is 32.2. The van der Waals surface area contributed by atoms with Crippen molar-refractivity contribution >= 4 is 21.4 Å². The molecule has 0 radical (unpaired) electrons. The van der Waals surface area contributed by atoms with E-state index >= 15 is 0 Å². The zero-order valence-electron chi connectivity index (χ0n) is 11.6. The molecule has 0 aromatic carbocycles. The first-order valence-corrected chi connectivity index (χ1v) is 9.12. The first-order chi connectivity index (χ1) is 9.07. The van der Waals surface area contributed by atoms with Gasteiger partial charge in [0.2, 0.25) is 10.0 Å². The molecule has 1 aromatic heterocycles. The van der Waals surface area contributed by atoms with E-state index in [1.54, 1.807) is 15.8 Å². The first-order valence-electron chi connectivity index (χ1n) is 6.80. The summed E-state index contributed by atoms with van der Waals surface area (Å²) in [4.78, 5) is 1.51. The van der Waals surface area contributed by atoms with Crippen molar-refractivity contribution in [3.8, 4) is 0 Å². The third kappa shape index (κ3) is 3.78. The molecule has 1 N–H and O–H groups in total. The minimum Gasteiger partial charge on any atom is -0.315 e. The van der Waals surface area contributed by atoms with E-state index in [0.29, 0.717) is 23.9 Å². The molecule has 1 saturated carbocycles. The van der Waals surface area contributed by atoms with Gasteiger partial charge in [0.05, 0.1) is 4.90 Å². The van der Waals surface area contributed by atoms with Crippen molar-refractivity contribution in [3.63, 3.8) is 0 Å². The predicted octanol–water partition coefficient (Wildman–Crippen LogP) is 2.28. The average molecular weight is 302 g/mol. The first kappa shape index (κ1) is 15.0. The highest BCUT2D eigenvalue weighted by Crippen LogP contribution is 2.32. The van der Waals surface area contributed by atoms with Crippen LogP contribution in [0.25, 0.3) is 0 Å². The Bertz CT molecular complexity index is 506. The molecule has 1 fully saturated rings. The van der Waals surface area contributed by atoms with Gasteiger partial charge < -0.3 is 5.32 Å². The van der Waals surface area contributed by atoms with Crippen LogP contribution in [0.1, 0.15) is 31.1 Å². The van der Waals surface area contributed by atoms with Crippen LogP contribution in [-0.4, -0.2) is 32.9 Å². The number of rotatable bonds is 8. The molecule has 0 amide bonds. The van der Waals surface area contributed by atoms with Crippen LogP contribution < -0.4 is 5.32 Å². The molecule has 0 unspecified atom stereocenters. The average Bonchev–Trinajstić information content (AvgIpc) is 3.05. The Labute approximate surface area is 119 Å². The molecule has 4 nitrogen and oxygen atoms in total. The Morgan fingerprint density at radius 1 is 1.47 bits per heavy atom. The molecule has 0 bridgehead atoms. The topological polar surface area (TPSA) is 49.4 Å². The fraction of sp³-hybridized carbons (Fsp3) is 0.692. The minimum atomic E-state index is -3.30. The van der Waals surface area contributed by atoms with Crippen LogP contribution >= 0.6 is 11.3 Å². The largest absolute Gasteiger partial charge is 0.315 e. The molecule has 0 spiro atoms. The van der Waals surface area contributed by atoms with Crippen LogP contribution in [0.4, 0.5) is 0 Å². The maximum absolute atomic E-state index is 12.6. The van der Waals surface area contributed by atoms with Crippen molar-refractivity contribution in [2.24, 2.45) is 5.92 Å². The normalized spacial score (nSPS) is 16.2. The van der Waals surface area contributed by atoms with Crippen molar-refractivity contribution in [2.75, 3.05) is 20.1 Å². The maximum atomic E-state index is 12.6. The van der Waals surface area contributed by atoms with Gasteiger partial charge in [-0.25, -0.2) is 8.42 Å². The van der Waals surface area contributed by atoms with Crippen LogP contribution in [0.15, 0.2) is 16.3 Å². The lowest BCUT2D eigenvalue weighted by Crippen LogP contribution is -2.33. The molecule has 2 rings (SSSR count). The molecular weight excluding hydrogens is 280 g/mol. The lowest BCUT2D eigenvalue weighted by atomic mass is 10.4. The van der Waals surface area contributed by atoms with E-state index < -0.39 is 10.0 Å². The summed E-state index contributed by atoms with van der Waals surface area (Å²) in [5, 5.41) is 4.81. The Balaban J connectivity index is 2.16. The van der Waals surface area contributed by atoms with Crippen molar-refractivity contribution in [1.82, 2.24) is 9.62 Å². The summed E-state index contributed by atoms with van der Waals surface area (Å²) >= 11 is 1.50. The third-order valence-electron chi connectivity index (χ3n) is 3.25. The number of sulfonamides is 1. The lowest BCUT2D eigenvalue weighted by Gasteiger charge is -2.20. The molecule has 0 saturated heterocycles. The SMILES string of the molecule is CCCN(CC1CC1)S(=O)(=O)c1csc(CNC)c1. The highest BCUT2D eigenvalue weighted by Gasteiger charge is 2.31. The summed E-state index contributed by atoms with van der Waals surface area (Å²) in [5.41, 5.74) is 0. The Hall–Kier alpha value is -0.430. The van der Waals surface area contributed by atoms with Gasteiger partial charge in [-0.2, -0.15) is 4.31 Å². The van der Waals surface area contributed by atoms with Crippen LogP contribution in [0.2, 0.25) is 0 Å². The van der Waals surface area contributed by atoms with Crippen LogP contribution in [-0.2, 0) is 16.6 Å². The van der Waals surface area contributed by atoms with Crippen molar-refractivity contribution in [2.45, 2.75) is 37.6 Å².